The first kappa shape index (κ1) is 12.9. The van der Waals surface area contributed by atoms with Gasteiger partial charge in [0.15, 0.2) is 0 Å². The lowest BCUT2D eigenvalue weighted by Gasteiger charge is -2.40. The molecule has 0 radical (unpaired) electrons. The van der Waals surface area contributed by atoms with Crippen LogP contribution in [0.4, 0.5) is 0 Å². The van der Waals surface area contributed by atoms with E-state index < -0.39 is 0 Å². The Labute approximate surface area is 93.5 Å². The van der Waals surface area contributed by atoms with Gasteiger partial charge in [-0.15, -0.1) is 0 Å². The van der Waals surface area contributed by atoms with E-state index in [1.807, 2.05) is 6.92 Å². The molecule has 1 saturated carbocycles. The highest BCUT2D eigenvalue weighted by Crippen LogP contribution is 2.25. The SMILES string of the molecule is CCOCCO[C@H]1C[C@@H](NC(C)(C)C)C1. The summed E-state index contributed by atoms with van der Waals surface area (Å²) in [6.45, 7) is 10.9. The van der Waals surface area contributed by atoms with Crippen LogP contribution in [0.5, 0.6) is 0 Å². The highest BCUT2D eigenvalue weighted by atomic mass is 16.5. The fourth-order valence-corrected chi connectivity index (χ4v) is 1.85. The summed E-state index contributed by atoms with van der Waals surface area (Å²) in [6.07, 6.45) is 2.73. The third-order valence-corrected chi connectivity index (χ3v) is 2.52. The van der Waals surface area contributed by atoms with Crippen LogP contribution in [0.15, 0.2) is 0 Å². The minimum atomic E-state index is 0.223. The number of hydrogen-bond acceptors (Lipinski definition) is 3. The second kappa shape index (κ2) is 5.83. The van der Waals surface area contributed by atoms with Gasteiger partial charge in [-0.3, -0.25) is 0 Å². The summed E-state index contributed by atoms with van der Waals surface area (Å²) < 4.78 is 10.9. The van der Waals surface area contributed by atoms with Crippen molar-refractivity contribution in [3.63, 3.8) is 0 Å². The number of nitrogens with one attached hydrogen (secondary N) is 1. The Morgan fingerprint density at radius 1 is 1.20 bits per heavy atom. The van der Waals surface area contributed by atoms with Crippen LogP contribution in [0.3, 0.4) is 0 Å². The van der Waals surface area contributed by atoms with E-state index in [0.717, 1.165) is 32.7 Å². The molecule has 0 aromatic carbocycles. The normalized spacial score (nSPS) is 26.4. The molecule has 3 heteroatoms. The molecule has 1 fully saturated rings. The lowest BCUT2D eigenvalue weighted by molar-refractivity contribution is -0.0439. The van der Waals surface area contributed by atoms with Crippen molar-refractivity contribution >= 4 is 0 Å². The molecule has 1 aliphatic carbocycles. The lowest BCUT2D eigenvalue weighted by Crippen LogP contribution is -2.52. The molecule has 0 saturated heterocycles. The standard InChI is InChI=1S/C12H25NO2/c1-5-14-6-7-15-11-8-10(9-11)13-12(2,3)4/h10-11,13H,5-9H2,1-4H3/t10-,11+. The van der Waals surface area contributed by atoms with Gasteiger partial charge in [0.1, 0.15) is 0 Å². The Morgan fingerprint density at radius 3 is 2.40 bits per heavy atom. The van der Waals surface area contributed by atoms with Crippen molar-refractivity contribution < 1.29 is 9.47 Å². The quantitative estimate of drug-likeness (QED) is 0.687. The maximum atomic E-state index is 5.66. The molecule has 3 nitrogen and oxygen atoms in total. The van der Waals surface area contributed by atoms with Gasteiger partial charge < -0.3 is 14.8 Å². The fourth-order valence-electron chi connectivity index (χ4n) is 1.85. The van der Waals surface area contributed by atoms with Crippen LogP contribution in [0.2, 0.25) is 0 Å². The average molecular weight is 215 g/mol. The molecule has 90 valence electrons. The zero-order valence-electron chi connectivity index (χ0n) is 10.5. The van der Waals surface area contributed by atoms with Gasteiger partial charge >= 0.3 is 0 Å². The highest BCUT2D eigenvalue weighted by Gasteiger charge is 2.31. The molecule has 0 spiro atoms. The first-order valence-corrected chi connectivity index (χ1v) is 5.98. The molecular formula is C12H25NO2. The summed E-state index contributed by atoms with van der Waals surface area (Å²) in [5.74, 6) is 0. The third kappa shape index (κ3) is 5.50. The minimum absolute atomic E-state index is 0.223. The minimum Gasteiger partial charge on any atom is -0.379 e. The molecule has 0 atom stereocenters. The maximum absolute atomic E-state index is 5.66. The predicted molar refractivity (Wildman–Crippen MR) is 62.1 cm³/mol. The molecule has 0 bridgehead atoms. The molecule has 1 N–H and O–H groups in total. The summed E-state index contributed by atoms with van der Waals surface area (Å²) in [5.41, 5.74) is 0.223. The second-order valence-corrected chi connectivity index (χ2v) is 5.25. The number of rotatable bonds is 6. The van der Waals surface area contributed by atoms with Crippen molar-refractivity contribution in [1.29, 1.82) is 0 Å². The van der Waals surface area contributed by atoms with E-state index in [1.165, 1.54) is 0 Å². The number of hydrogen-bond donors (Lipinski definition) is 1. The topological polar surface area (TPSA) is 30.5 Å². The van der Waals surface area contributed by atoms with Crippen LogP contribution >= 0.6 is 0 Å². The van der Waals surface area contributed by atoms with E-state index in [2.05, 4.69) is 26.1 Å². The Morgan fingerprint density at radius 2 is 1.87 bits per heavy atom. The lowest BCUT2D eigenvalue weighted by atomic mass is 9.87. The van der Waals surface area contributed by atoms with E-state index in [-0.39, 0.29) is 5.54 Å². The number of ether oxygens (including phenoxy) is 2. The summed E-state index contributed by atoms with van der Waals surface area (Å²) in [6, 6.07) is 0.641. The van der Waals surface area contributed by atoms with Crippen molar-refractivity contribution in [3.8, 4) is 0 Å². The fraction of sp³-hybridized carbons (Fsp3) is 1.00. The molecule has 0 unspecified atom stereocenters. The molecule has 0 heterocycles. The van der Waals surface area contributed by atoms with Gasteiger partial charge in [0.2, 0.25) is 0 Å². The molecule has 0 aliphatic heterocycles. The zero-order valence-corrected chi connectivity index (χ0v) is 10.5. The molecule has 0 amide bonds. The first-order chi connectivity index (χ1) is 7.01. The maximum Gasteiger partial charge on any atom is 0.0704 e. The van der Waals surface area contributed by atoms with Crippen LogP contribution in [-0.2, 0) is 9.47 Å². The van der Waals surface area contributed by atoms with Crippen molar-refractivity contribution in [2.24, 2.45) is 0 Å². The van der Waals surface area contributed by atoms with Crippen molar-refractivity contribution in [1.82, 2.24) is 5.32 Å². The summed E-state index contributed by atoms with van der Waals surface area (Å²) in [7, 11) is 0. The van der Waals surface area contributed by atoms with Gasteiger partial charge in [0.05, 0.1) is 19.3 Å². The summed E-state index contributed by atoms with van der Waals surface area (Å²) >= 11 is 0. The van der Waals surface area contributed by atoms with Gasteiger partial charge in [-0.1, -0.05) is 0 Å². The Hall–Kier alpha value is -0.120. The van der Waals surface area contributed by atoms with Crippen LogP contribution in [0.1, 0.15) is 40.5 Å². The highest BCUT2D eigenvalue weighted by molar-refractivity contribution is 4.90. The molecule has 0 aromatic heterocycles. The van der Waals surface area contributed by atoms with E-state index in [4.69, 9.17) is 9.47 Å². The monoisotopic (exact) mass is 215 g/mol. The van der Waals surface area contributed by atoms with Crippen LogP contribution in [0.25, 0.3) is 0 Å². The van der Waals surface area contributed by atoms with Crippen LogP contribution < -0.4 is 5.32 Å². The van der Waals surface area contributed by atoms with Gasteiger partial charge in [-0.05, 0) is 40.5 Å². The van der Waals surface area contributed by atoms with E-state index in [9.17, 15) is 0 Å². The van der Waals surface area contributed by atoms with E-state index in [1.54, 1.807) is 0 Å². The smallest absolute Gasteiger partial charge is 0.0704 e. The first-order valence-electron chi connectivity index (χ1n) is 5.98. The van der Waals surface area contributed by atoms with Gasteiger partial charge in [-0.2, -0.15) is 0 Å². The molecule has 0 aromatic rings. The van der Waals surface area contributed by atoms with E-state index >= 15 is 0 Å². The second-order valence-electron chi connectivity index (χ2n) is 5.25. The Bertz CT molecular complexity index is 171. The van der Waals surface area contributed by atoms with Crippen LogP contribution in [-0.4, -0.2) is 37.5 Å². The third-order valence-electron chi connectivity index (χ3n) is 2.52. The largest absolute Gasteiger partial charge is 0.379 e. The zero-order chi connectivity index (χ0) is 11.3. The van der Waals surface area contributed by atoms with E-state index in [0.29, 0.717) is 12.1 Å². The van der Waals surface area contributed by atoms with Crippen molar-refractivity contribution in [2.45, 2.75) is 58.2 Å². The Balaban J connectivity index is 1.96. The molecule has 1 rings (SSSR count). The van der Waals surface area contributed by atoms with Crippen LogP contribution in [0, 0.1) is 0 Å². The molecular weight excluding hydrogens is 190 g/mol. The molecule has 15 heavy (non-hydrogen) atoms. The summed E-state index contributed by atoms with van der Waals surface area (Å²) in [5, 5.41) is 3.58. The van der Waals surface area contributed by atoms with Gasteiger partial charge in [0, 0.05) is 18.2 Å². The van der Waals surface area contributed by atoms with Crippen molar-refractivity contribution in [2.75, 3.05) is 19.8 Å². The average Bonchev–Trinajstić information content (AvgIpc) is 2.05. The Kier molecular flexibility index (Phi) is 5.03. The van der Waals surface area contributed by atoms with Gasteiger partial charge in [-0.25, -0.2) is 0 Å². The molecule has 1 aliphatic rings. The predicted octanol–water partition coefficient (Wildman–Crippen LogP) is 1.96. The van der Waals surface area contributed by atoms with Crippen molar-refractivity contribution in [3.05, 3.63) is 0 Å². The van der Waals surface area contributed by atoms with Gasteiger partial charge in [0.25, 0.3) is 0 Å². The summed E-state index contributed by atoms with van der Waals surface area (Å²) in [4.78, 5) is 0.